The molecule has 0 aromatic heterocycles. The number of hydrogen-bond donors (Lipinski definition) is 1. The Kier molecular flexibility index (Phi) is 6.16. The Labute approximate surface area is 127 Å². The zero-order chi connectivity index (χ0) is 15.2. The molecule has 118 valence electrons. The first-order chi connectivity index (χ1) is 10.1. The van der Waals surface area contributed by atoms with E-state index in [1.807, 2.05) is 0 Å². The Hall–Kier alpha value is -0.960. The maximum atomic E-state index is 14.1. The second kappa shape index (κ2) is 7.88. The summed E-state index contributed by atoms with van der Waals surface area (Å²) in [4.78, 5) is 0. The van der Waals surface area contributed by atoms with Gasteiger partial charge in [-0.25, -0.2) is 8.78 Å². The van der Waals surface area contributed by atoms with Gasteiger partial charge in [-0.05, 0) is 55.3 Å². The smallest absolute Gasteiger partial charge is 0.129 e. The summed E-state index contributed by atoms with van der Waals surface area (Å²) in [5.74, 6) is 0.422. The third-order valence-corrected chi connectivity index (χ3v) is 4.48. The van der Waals surface area contributed by atoms with Crippen molar-refractivity contribution in [2.24, 2.45) is 11.8 Å². The molecule has 1 N–H and O–H groups in total. The summed E-state index contributed by atoms with van der Waals surface area (Å²) >= 11 is 0. The highest BCUT2D eigenvalue weighted by atomic mass is 19.1. The molecule has 0 bridgehead atoms. The van der Waals surface area contributed by atoms with Crippen molar-refractivity contribution in [1.82, 2.24) is 5.32 Å². The molecule has 1 aliphatic carbocycles. The van der Waals surface area contributed by atoms with E-state index in [1.165, 1.54) is 18.9 Å². The number of halogens is 2. The molecule has 0 saturated heterocycles. The van der Waals surface area contributed by atoms with Crippen molar-refractivity contribution in [3.8, 4) is 0 Å². The SMILES string of the molecule is CC(C)CNCC1CCCCCC1c1ccc(F)cc1F. The van der Waals surface area contributed by atoms with E-state index in [0.29, 0.717) is 17.4 Å². The van der Waals surface area contributed by atoms with Gasteiger partial charge < -0.3 is 5.32 Å². The maximum absolute atomic E-state index is 14.1. The van der Waals surface area contributed by atoms with Crippen molar-refractivity contribution in [2.75, 3.05) is 13.1 Å². The van der Waals surface area contributed by atoms with Crippen LogP contribution in [0, 0.1) is 23.5 Å². The minimum absolute atomic E-state index is 0.216. The van der Waals surface area contributed by atoms with E-state index < -0.39 is 5.82 Å². The molecule has 1 fully saturated rings. The van der Waals surface area contributed by atoms with Gasteiger partial charge in [0.15, 0.2) is 0 Å². The molecule has 0 amide bonds. The van der Waals surface area contributed by atoms with Crippen molar-refractivity contribution >= 4 is 0 Å². The highest BCUT2D eigenvalue weighted by molar-refractivity contribution is 5.23. The van der Waals surface area contributed by atoms with Crippen LogP contribution in [0.4, 0.5) is 8.78 Å². The van der Waals surface area contributed by atoms with Gasteiger partial charge in [0.25, 0.3) is 0 Å². The molecular weight excluding hydrogens is 268 g/mol. The van der Waals surface area contributed by atoms with Gasteiger partial charge in [0.05, 0.1) is 0 Å². The molecule has 3 heteroatoms. The van der Waals surface area contributed by atoms with Gasteiger partial charge in [-0.3, -0.25) is 0 Å². The average Bonchev–Trinajstić information content (AvgIpc) is 2.64. The lowest BCUT2D eigenvalue weighted by Gasteiger charge is -2.26. The van der Waals surface area contributed by atoms with E-state index in [2.05, 4.69) is 19.2 Å². The van der Waals surface area contributed by atoms with Gasteiger partial charge in [0, 0.05) is 6.07 Å². The standard InChI is InChI=1S/C18H27F2N/c1-13(2)11-21-12-14-6-4-3-5-7-16(14)17-9-8-15(19)10-18(17)20/h8-10,13-14,16,21H,3-7,11-12H2,1-2H3. The first kappa shape index (κ1) is 16.4. The van der Waals surface area contributed by atoms with Crippen LogP contribution in [0.15, 0.2) is 18.2 Å². The minimum Gasteiger partial charge on any atom is -0.316 e. The van der Waals surface area contributed by atoms with Gasteiger partial charge in [-0.2, -0.15) is 0 Å². The van der Waals surface area contributed by atoms with Gasteiger partial charge in [0.1, 0.15) is 11.6 Å². The van der Waals surface area contributed by atoms with E-state index >= 15 is 0 Å². The minimum atomic E-state index is -0.487. The molecular formula is C18H27F2N. The second-order valence-electron chi connectivity index (χ2n) is 6.72. The monoisotopic (exact) mass is 295 g/mol. The van der Waals surface area contributed by atoms with Crippen LogP contribution in [0.2, 0.25) is 0 Å². The Bertz CT molecular complexity index is 445. The summed E-state index contributed by atoms with van der Waals surface area (Å²) < 4.78 is 27.3. The molecule has 1 nitrogen and oxygen atoms in total. The van der Waals surface area contributed by atoms with Crippen molar-refractivity contribution < 1.29 is 8.78 Å². The quantitative estimate of drug-likeness (QED) is 0.764. The summed E-state index contributed by atoms with van der Waals surface area (Å²) in [7, 11) is 0. The van der Waals surface area contributed by atoms with Crippen LogP contribution < -0.4 is 5.32 Å². The molecule has 0 heterocycles. The normalized spacial score (nSPS) is 23.3. The molecule has 1 aliphatic rings. The van der Waals surface area contributed by atoms with Gasteiger partial charge >= 0.3 is 0 Å². The molecule has 1 aromatic rings. The van der Waals surface area contributed by atoms with Crippen LogP contribution in [0.25, 0.3) is 0 Å². The van der Waals surface area contributed by atoms with Crippen LogP contribution in [-0.2, 0) is 0 Å². The Balaban J connectivity index is 2.11. The van der Waals surface area contributed by atoms with Crippen LogP contribution in [0.5, 0.6) is 0 Å². The summed E-state index contributed by atoms with van der Waals surface area (Å²) in [6.45, 7) is 6.31. The second-order valence-corrected chi connectivity index (χ2v) is 6.72. The van der Waals surface area contributed by atoms with Crippen molar-refractivity contribution in [1.29, 1.82) is 0 Å². The predicted molar refractivity (Wildman–Crippen MR) is 83.4 cm³/mol. The zero-order valence-corrected chi connectivity index (χ0v) is 13.2. The number of benzene rings is 1. The Morgan fingerprint density at radius 1 is 1.14 bits per heavy atom. The van der Waals surface area contributed by atoms with E-state index in [-0.39, 0.29) is 11.7 Å². The molecule has 1 aromatic carbocycles. The zero-order valence-electron chi connectivity index (χ0n) is 13.2. The third-order valence-electron chi connectivity index (χ3n) is 4.48. The van der Waals surface area contributed by atoms with Crippen molar-refractivity contribution in [3.63, 3.8) is 0 Å². The molecule has 0 aliphatic heterocycles. The van der Waals surface area contributed by atoms with Gasteiger partial charge in [0.2, 0.25) is 0 Å². The predicted octanol–water partition coefficient (Wildman–Crippen LogP) is 4.87. The van der Waals surface area contributed by atoms with Crippen molar-refractivity contribution in [2.45, 2.75) is 51.9 Å². The maximum Gasteiger partial charge on any atom is 0.129 e. The Morgan fingerprint density at radius 3 is 2.62 bits per heavy atom. The van der Waals surface area contributed by atoms with Crippen molar-refractivity contribution in [3.05, 3.63) is 35.4 Å². The molecule has 2 rings (SSSR count). The molecule has 2 atom stereocenters. The summed E-state index contributed by atoms with van der Waals surface area (Å²) in [5.41, 5.74) is 0.703. The number of hydrogen-bond acceptors (Lipinski definition) is 1. The molecule has 2 unspecified atom stereocenters. The Morgan fingerprint density at radius 2 is 1.90 bits per heavy atom. The van der Waals surface area contributed by atoms with E-state index in [4.69, 9.17) is 0 Å². The van der Waals surface area contributed by atoms with Gasteiger partial charge in [-0.15, -0.1) is 0 Å². The lowest BCUT2D eigenvalue weighted by Crippen LogP contribution is -2.29. The molecule has 0 spiro atoms. The third kappa shape index (κ3) is 4.77. The fraction of sp³-hybridized carbons (Fsp3) is 0.667. The summed E-state index contributed by atoms with van der Waals surface area (Å²) in [6, 6.07) is 4.07. The molecule has 21 heavy (non-hydrogen) atoms. The largest absolute Gasteiger partial charge is 0.316 e. The lowest BCUT2D eigenvalue weighted by molar-refractivity contribution is 0.358. The van der Waals surface area contributed by atoms with E-state index in [1.54, 1.807) is 6.07 Å². The number of nitrogens with one attached hydrogen (secondary N) is 1. The fourth-order valence-corrected chi connectivity index (χ4v) is 3.40. The van der Waals surface area contributed by atoms with Crippen LogP contribution >= 0.6 is 0 Å². The fourth-order valence-electron chi connectivity index (χ4n) is 3.40. The first-order valence-electron chi connectivity index (χ1n) is 8.23. The highest BCUT2D eigenvalue weighted by Gasteiger charge is 2.27. The van der Waals surface area contributed by atoms with Crippen LogP contribution in [0.3, 0.4) is 0 Å². The summed E-state index contributed by atoms with van der Waals surface area (Å²) in [5, 5.41) is 3.52. The van der Waals surface area contributed by atoms with Gasteiger partial charge in [-0.1, -0.05) is 39.2 Å². The van der Waals surface area contributed by atoms with E-state index in [9.17, 15) is 8.78 Å². The van der Waals surface area contributed by atoms with Crippen LogP contribution in [-0.4, -0.2) is 13.1 Å². The topological polar surface area (TPSA) is 12.0 Å². The summed E-state index contributed by atoms with van der Waals surface area (Å²) in [6.07, 6.45) is 5.72. The lowest BCUT2D eigenvalue weighted by atomic mass is 9.82. The average molecular weight is 295 g/mol. The number of rotatable bonds is 5. The molecule has 1 saturated carbocycles. The molecule has 0 radical (unpaired) electrons. The van der Waals surface area contributed by atoms with Crippen LogP contribution in [0.1, 0.15) is 57.4 Å². The highest BCUT2D eigenvalue weighted by Crippen LogP contribution is 2.37. The first-order valence-corrected chi connectivity index (χ1v) is 8.23. The van der Waals surface area contributed by atoms with E-state index in [0.717, 1.165) is 38.4 Å².